The number of benzene rings is 2. The number of hydrogen-bond acceptors (Lipinski definition) is 4. The highest BCUT2D eigenvalue weighted by molar-refractivity contribution is 6.01. The number of urea groups is 1. The molecule has 2 amide bonds. The van der Waals surface area contributed by atoms with Crippen LogP contribution in [-0.4, -0.2) is 17.7 Å². The van der Waals surface area contributed by atoms with Crippen molar-refractivity contribution in [3.63, 3.8) is 0 Å². The van der Waals surface area contributed by atoms with Gasteiger partial charge >= 0.3 is 11.8 Å². The zero-order chi connectivity index (χ0) is 17.3. The molecule has 24 heavy (non-hydrogen) atoms. The van der Waals surface area contributed by atoms with E-state index in [0.717, 1.165) is 5.56 Å². The van der Waals surface area contributed by atoms with Gasteiger partial charge in [0.25, 0.3) is 0 Å². The number of amides is 2. The van der Waals surface area contributed by atoms with Crippen molar-refractivity contribution in [3.05, 3.63) is 52.5 Å². The number of aryl methyl sites for hydroxylation is 2. The summed E-state index contributed by atoms with van der Waals surface area (Å²) in [5.41, 5.74) is 3.15. The molecule has 0 unspecified atom stereocenters. The van der Waals surface area contributed by atoms with E-state index in [4.69, 9.17) is 9.15 Å². The summed E-state index contributed by atoms with van der Waals surface area (Å²) in [5, 5.41) is 5.45. The second kappa shape index (κ2) is 6.11. The average molecular weight is 327 g/mol. The summed E-state index contributed by atoms with van der Waals surface area (Å²) >= 11 is 0. The van der Waals surface area contributed by atoms with Gasteiger partial charge < -0.3 is 19.8 Å². The fraction of sp³-hybridized carbons (Fsp3) is 0.176. The third-order valence-electron chi connectivity index (χ3n) is 3.65. The van der Waals surface area contributed by atoms with Crippen molar-refractivity contribution in [2.75, 3.05) is 17.7 Å². The summed E-state index contributed by atoms with van der Waals surface area (Å²) in [6.45, 7) is 1.92. The Labute approximate surface area is 137 Å². The van der Waals surface area contributed by atoms with Crippen molar-refractivity contribution in [2.24, 2.45) is 7.05 Å². The topological polar surface area (TPSA) is 85.5 Å². The molecular formula is C17H17N3O4. The number of carbonyl (C=O) groups excluding carboxylic acids is 1. The first kappa shape index (κ1) is 15.7. The van der Waals surface area contributed by atoms with Crippen LogP contribution < -0.4 is 21.1 Å². The third-order valence-corrected chi connectivity index (χ3v) is 3.65. The highest BCUT2D eigenvalue weighted by atomic mass is 16.5. The zero-order valence-electron chi connectivity index (χ0n) is 13.5. The van der Waals surface area contributed by atoms with Crippen molar-refractivity contribution in [3.8, 4) is 5.75 Å². The number of aromatic nitrogens is 1. The molecule has 1 heterocycles. The van der Waals surface area contributed by atoms with Crippen molar-refractivity contribution < 1.29 is 13.9 Å². The molecule has 7 heteroatoms. The van der Waals surface area contributed by atoms with Crippen LogP contribution in [0.2, 0.25) is 0 Å². The first-order valence-corrected chi connectivity index (χ1v) is 7.30. The lowest BCUT2D eigenvalue weighted by molar-refractivity contribution is 0.262. The van der Waals surface area contributed by atoms with Crippen LogP contribution in [0, 0.1) is 6.92 Å². The van der Waals surface area contributed by atoms with E-state index >= 15 is 0 Å². The number of anilines is 2. The van der Waals surface area contributed by atoms with Crippen molar-refractivity contribution >= 4 is 28.5 Å². The van der Waals surface area contributed by atoms with Gasteiger partial charge in [-0.15, -0.1) is 0 Å². The van der Waals surface area contributed by atoms with Gasteiger partial charge in [0.15, 0.2) is 5.58 Å². The standard InChI is InChI=1S/C17H17N3O4/c1-10-4-7-14(23-3)12(8-10)19-16(21)18-11-5-6-13-15(9-11)24-17(22)20(13)2/h4-9H,1-3H3,(H2,18,19,21). The number of hydrogen-bond donors (Lipinski definition) is 2. The Bertz CT molecular complexity index is 972. The van der Waals surface area contributed by atoms with E-state index in [2.05, 4.69) is 10.6 Å². The zero-order valence-corrected chi connectivity index (χ0v) is 13.5. The molecule has 1 aromatic heterocycles. The van der Waals surface area contributed by atoms with E-state index in [1.165, 1.54) is 4.57 Å². The molecule has 124 valence electrons. The normalized spacial score (nSPS) is 10.6. The molecular weight excluding hydrogens is 310 g/mol. The average Bonchev–Trinajstić information content (AvgIpc) is 2.81. The second-order valence-corrected chi connectivity index (χ2v) is 5.39. The first-order chi connectivity index (χ1) is 11.5. The lowest BCUT2D eigenvalue weighted by atomic mass is 10.2. The predicted molar refractivity (Wildman–Crippen MR) is 91.8 cm³/mol. The molecule has 0 saturated heterocycles. The van der Waals surface area contributed by atoms with Gasteiger partial charge in [-0.1, -0.05) is 6.07 Å². The smallest absolute Gasteiger partial charge is 0.419 e. The summed E-state index contributed by atoms with van der Waals surface area (Å²) < 4.78 is 11.7. The van der Waals surface area contributed by atoms with Gasteiger partial charge in [0.2, 0.25) is 0 Å². The third kappa shape index (κ3) is 2.96. The van der Waals surface area contributed by atoms with Gasteiger partial charge in [-0.05, 0) is 36.8 Å². The Hall–Kier alpha value is -3.22. The van der Waals surface area contributed by atoms with Gasteiger partial charge in [-0.2, -0.15) is 0 Å². The Morgan fingerprint density at radius 1 is 1.17 bits per heavy atom. The largest absolute Gasteiger partial charge is 0.495 e. The van der Waals surface area contributed by atoms with Crippen LogP contribution in [0.5, 0.6) is 5.75 Å². The summed E-state index contributed by atoms with van der Waals surface area (Å²) in [6.07, 6.45) is 0. The lowest BCUT2D eigenvalue weighted by Crippen LogP contribution is -2.19. The fourth-order valence-electron chi connectivity index (χ4n) is 2.42. The Balaban J connectivity index is 1.80. The van der Waals surface area contributed by atoms with E-state index < -0.39 is 11.8 Å². The highest BCUT2D eigenvalue weighted by Crippen LogP contribution is 2.25. The molecule has 2 aromatic carbocycles. The van der Waals surface area contributed by atoms with E-state index in [1.54, 1.807) is 38.4 Å². The number of methoxy groups -OCH3 is 1. The number of nitrogens with one attached hydrogen (secondary N) is 2. The number of rotatable bonds is 3. The molecule has 3 rings (SSSR count). The second-order valence-electron chi connectivity index (χ2n) is 5.39. The van der Waals surface area contributed by atoms with Gasteiger partial charge in [-0.3, -0.25) is 4.57 Å². The summed E-state index contributed by atoms with van der Waals surface area (Å²) in [5.74, 6) is 0.122. The molecule has 3 aromatic rings. The van der Waals surface area contributed by atoms with Crippen LogP contribution in [0.3, 0.4) is 0 Å². The minimum atomic E-state index is -0.448. The van der Waals surface area contributed by atoms with Gasteiger partial charge in [0, 0.05) is 18.8 Å². The van der Waals surface area contributed by atoms with Crippen molar-refractivity contribution in [2.45, 2.75) is 6.92 Å². The van der Waals surface area contributed by atoms with E-state index in [1.807, 2.05) is 19.1 Å². The Morgan fingerprint density at radius 3 is 2.71 bits per heavy atom. The van der Waals surface area contributed by atoms with E-state index in [-0.39, 0.29) is 0 Å². The molecule has 0 saturated carbocycles. The molecule has 0 bridgehead atoms. The number of oxazole rings is 1. The van der Waals surface area contributed by atoms with E-state index in [0.29, 0.717) is 28.2 Å². The van der Waals surface area contributed by atoms with Crippen LogP contribution >= 0.6 is 0 Å². The Morgan fingerprint density at radius 2 is 1.96 bits per heavy atom. The van der Waals surface area contributed by atoms with Crippen LogP contribution in [0.25, 0.3) is 11.1 Å². The molecule has 0 aliphatic heterocycles. The molecule has 0 radical (unpaired) electrons. The molecule has 0 spiro atoms. The van der Waals surface area contributed by atoms with Gasteiger partial charge in [-0.25, -0.2) is 9.59 Å². The monoisotopic (exact) mass is 327 g/mol. The van der Waals surface area contributed by atoms with Gasteiger partial charge in [0.1, 0.15) is 5.75 Å². The highest BCUT2D eigenvalue weighted by Gasteiger charge is 2.10. The SMILES string of the molecule is COc1ccc(C)cc1NC(=O)Nc1ccc2c(c1)oc(=O)n2C. The maximum absolute atomic E-state index is 12.2. The quantitative estimate of drug-likeness (QED) is 0.774. The van der Waals surface area contributed by atoms with Crippen molar-refractivity contribution in [1.29, 1.82) is 0 Å². The van der Waals surface area contributed by atoms with Crippen LogP contribution in [-0.2, 0) is 7.05 Å². The first-order valence-electron chi connectivity index (χ1n) is 7.30. The summed E-state index contributed by atoms with van der Waals surface area (Å²) in [7, 11) is 3.16. The maximum atomic E-state index is 12.2. The molecule has 2 N–H and O–H groups in total. The fourth-order valence-corrected chi connectivity index (χ4v) is 2.42. The minimum Gasteiger partial charge on any atom is -0.495 e. The Kier molecular flexibility index (Phi) is 3.99. The minimum absolute atomic E-state index is 0.411. The molecule has 0 aliphatic carbocycles. The maximum Gasteiger partial charge on any atom is 0.419 e. The predicted octanol–water partition coefficient (Wildman–Crippen LogP) is 3.09. The summed E-state index contributed by atoms with van der Waals surface area (Å²) in [6, 6.07) is 10.1. The van der Waals surface area contributed by atoms with E-state index in [9.17, 15) is 9.59 Å². The van der Waals surface area contributed by atoms with Gasteiger partial charge in [0.05, 0.1) is 18.3 Å². The van der Waals surface area contributed by atoms with Crippen molar-refractivity contribution in [1.82, 2.24) is 4.57 Å². The van der Waals surface area contributed by atoms with Crippen LogP contribution in [0.1, 0.15) is 5.56 Å². The molecule has 0 atom stereocenters. The van der Waals surface area contributed by atoms with Crippen LogP contribution in [0.4, 0.5) is 16.2 Å². The molecule has 0 fully saturated rings. The summed E-state index contributed by atoms with van der Waals surface area (Å²) in [4.78, 5) is 23.7. The number of fused-ring (bicyclic) bond motifs is 1. The number of carbonyl (C=O) groups is 1. The lowest BCUT2D eigenvalue weighted by Gasteiger charge is -2.12. The number of nitrogens with zero attached hydrogens (tertiary/aromatic N) is 1. The molecule has 0 aliphatic rings. The van der Waals surface area contributed by atoms with Crippen LogP contribution in [0.15, 0.2) is 45.6 Å². The number of ether oxygens (including phenoxy) is 1. The molecule has 7 nitrogen and oxygen atoms in total.